The zero-order valence-corrected chi connectivity index (χ0v) is 38.2. The fraction of sp³-hybridized carbons (Fsp3) is 0.373. The van der Waals surface area contributed by atoms with Gasteiger partial charge in [-0.1, -0.05) is 55.5 Å². The Morgan fingerprint density at radius 1 is 0.712 bits per heavy atom. The number of H-pyrrole nitrogens is 2. The number of fused-ring (bicyclic) bond motifs is 3. The molecule has 66 heavy (non-hydrogen) atoms. The molecule has 0 bridgehead atoms. The minimum atomic E-state index is -0.0741. The van der Waals surface area contributed by atoms with Crippen LogP contribution in [0.25, 0.3) is 27.5 Å². The summed E-state index contributed by atoms with van der Waals surface area (Å²) in [5, 5.41) is 8.57. The topological polar surface area (TPSA) is 170 Å². The molecule has 2 aliphatic rings. The minimum absolute atomic E-state index is 0.00133. The molecule has 0 spiro atoms. The largest absolute Gasteiger partial charge is 0.496 e. The van der Waals surface area contributed by atoms with Crippen LogP contribution in [-0.4, -0.2) is 104 Å². The first-order valence-electron chi connectivity index (χ1n) is 23.1. The highest BCUT2D eigenvalue weighted by molar-refractivity contribution is 6.30. The Hall–Kier alpha value is -6.67. The van der Waals surface area contributed by atoms with Crippen molar-refractivity contribution in [3.63, 3.8) is 0 Å². The zero-order chi connectivity index (χ0) is 45.8. The van der Waals surface area contributed by atoms with Crippen LogP contribution >= 0.6 is 11.6 Å². The fourth-order valence-electron chi connectivity index (χ4n) is 9.09. The fourth-order valence-corrected chi connectivity index (χ4v) is 9.25. The van der Waals surface area contributed by atoms with Crippen molar-refractivity contribution in [2.75, 3.05) is 46.4 Å². The van der Waals surface area contributed by atoms with Gasteiger partial charge in [0.05, 0.1) is 18.2 Å². The van der Waals surface area contributed by atoms with Crippen LogP contribution in [0.2, 0.25) is 5.02 Å². The number of aromatic amines is 2. The van der Waals surface area contributed by atoms with Crippen LogP contribution in [0.4, 0.5) is 0 Å². The number of imidazole rings is 1. The molecule has 4 N–H and O–H groups in total. The lowest BCUT2D eigenvalue weighted by Crippen LogP contribution is -2.38. The van der Waals surface area contributed by atoms with Gasteiger partial charge in [0.15, 0.2) is 0 Å². The summed E-state index contributed by atoms with van der Waals surface area (Å²) in [5.41, 5.74) is 5.19. The highest BCUT2D eigenvalue weighted by Crippen LogP contribution is 2.29. The van der Waals surface area contributed by atoms with Crippen molar-refractivity contribution < 1.29 is 23.9 Å². The minimum Gasteiger partial charge on any atom is -0.496 e. The van der Waals surface area contributed by atoms with Crippen molar-refractivity contribution >= 4 is 62.7 Å². The van der Waals surface area contributed by atoms with Crippen molar-refractivity contribution in [1.82, 2.24) is 44.8 Å². The van der Waals surface area contributed by atoms with Crippen molar-refractivity contribution in [2.45, 2.75) is 64.2 Å². The molecule has 5 aromatic heterocycles. The first kappa shape index (κ1) is 45.9. The number of unbranched alkanes of at least 4 members (excludes halogenated alkanes) is 2. The number of likely N-dealkylation sites (tertiary alicyclic amines) is 2. The van der Waals surface area contributed by atoms with Gasteiger partial charge in [-0.3, -0.25) is 24.2 Å². The van der Waals surface area contributed by atoms with Gasteiger partial charge in [0.2, 0.25) is 0 Å². The number of aromatic nitrogens is 5. The lowest BCUT2D eigenvalue weighted by atomic mass is 9.91. The monoisotopic (exact) mass is 911 g/mol. The van der Waals surface area contributed by atoms with Gasteiger partial charge < -0.3 is 39.5 Å². The number of ether oxygens (including phenoxy) is 1. The van der Waals surface area contributed by atoms with E-state index < -0.39 is 0 Å². The molecule has 0 unspecified atom stereocenters. The summed E-state index contributed by atoms with van der Waals surface area (Å²) >= 11 is 6.01. The number of carbonyl (C=O) groups excluding carboxylic acids is 4. The van der Waals surface area contributed by atoms with Crippen molar-refractivity contribution in [2.24, 2.45) is 11.8 Å². The van der Waals surface area contributed by atoms with E-state index in [-0.39, 0.29) is 23.6 Å². The van der Waals surface area contributed by atoms with Gasteiger partial charge in [-0.2, -0.15) is 0 Å². The summed E-state index contributed by atoms with van der Waals surface area (Å²) in [5.74, 6) is 1.74. The Morgan fingerprint density at radius 3 is 2.06 bits per heavy atom. The van der Waals surface area contributed by atoms with Crippen LogP contribution in [0.3, 0.4) is 0 Å². The number of hydrogen-bond acceptors (Lipinski definition) is 7. The number of halogens is 1. The van der Waals surface area contributed by atoms with Gasteiger partial charge >= 0.3 is 0 Å². The molecule has 0 atom stereocenters. The molecule has 7 aromatic rings. The van der Waals surface area contributed by atoms with Gasteiger partial charge in [-0.25, -0.2) is 4.98 Å². The highest BCUT2D eigenvalue weighted by Gasteiger charge is 2.26. The summed E-state index contributed by atoms with van der Waals surface area (Å²) in [4.78, 5) is 69.0. The number of pyridine rings is 2. The van der Waals surface area contributed by atoms with Crippen LogP contribution in [0.15, 0.2) is 104 Å². The average molecular weight is 913 g/mol. The number of nitrogens with zero attached hydrogens (tertiary/aromatic N) is 5. The number of methoxy groups -OCH3 is 1. The van der Waals surface area contributed by atoms with Crippen LogP contribution in [-0.2, 0) is 0 Å². The van der Waals surface area contributed by atoms with Gasteiger partial charge in [0.25, 0.3) is 23.6 Å². The molecule has 2 fully saturated rings. The summed E-state index contributed by atoms with van der Waals surface area (Å²) in [7, 11) is 1.55. The standard InChI is InChI=1S/C26H29N5O2.C25H29ClN4O3/c32-25(23-16-20-17-27-12-8-22(20)29-23)28-11-4-3-5-18-9-13-31(14-10-18)26(33)24-15-19-6-1-2-7-21(19)30-24;1-33-22-16-20(26)6-7-21(22)25(32)29-13-9-18(10-14-29)4-2-3-11-28-24(31)19-5-8-23-27-12-15-30(23)17-19/h1-2,6-8,12,15-18,29-30H,3-5,9-11,13-14H2,(H,28,32);5-8,12,15-18H,2-4,9-11,13-14H2,1H3,(H,28,31). The van der Waals surface area contributed by atoms with E-state index in [1.54, 1.807) is 56.2 Å². The summed E-state index contributed by atoms with van der Waals surface area (Å²) in [6, 6.07) is 22.4. The van der Waals surface area contributed by atoms with E-state index >= 15 is 0 Å². The molecule has 9 rings (SSSR count). The summed E-state index contributed by atoms with van der Waals surface area (Å²) in [6.07, 6.45) is 19.2. The van der Waals surface area contributed by atoms with Crippen LogP contribution in [0, 0.1) is 11.8 Å². The number of nitrogens with one attached hydrogen (secondary N) is 4. The zero-order valence-electron chi connectivity index (χ0n) is 37.4. The third-order valence-electron chi connectivity index (χ3n) is 12.9. The number of benzene rings is 2. The SMILES string of the molecule is COc1cc(Cl)ccc1C(=O)N1CCC(CCCCNC(=O)c2ccc3nccn3c2)CC1.O=C(NCCCCC1CCN(C(=O)c2cc3ccccc3[nH]2)CC1)c1cc2cnccc2[nH]1. The second-order valence-corrected chi connectivity index (χ2v) is 17.8. The number of carbonyl (C=O) groups is 4. The molecule has 14 nitrogen and oxygen atoms in total. The third kappa shape index (κ3) is 11.6. The lowest BCUT2D eigenvalue weighted by Gasteiger charge is -2.32. The molecule has 0 radical (unpaired) electrons. The highest BCUT2D eigenvalue weighted by atomic mass is 35.5. The first-order valence-corrected chi connectivity index (χ1v) is 23.5. The Labute approximate surface area is 389 Å². The maximum atomic E-state index is 12.9. The molecule has 344 valence electrons. The molecule has 2 aromatic carbocycles. The Morgan fingerprint density at radius 2 is 1.36 bits per heavy atom. The van der Waals surface area contributed by atoms with Crippen molar-refractivity contribution in [3.05, 3.63) is 131 Å². The number of para-hydroxylation sites is 1. The van der Waals surface area contributed by atoms with Crippen LogP contribution in [0.1, 0.15) is 106 Å². The maximum absolute atomic E-state index is 12.9. The van der Waals surface area contributed by atoms with E-state index in [2.05, 4.69) is 30.6 Å². The number of hydrogen-bond donors (Lipinski definition) is 4. The number of piperidine rings is 2. The second-order valence-electron chi connectivity index (χ2n) is 17.3. The molecule has 2 saturated heterocycles. The van der Waals surface area contributed by atoms with Gasteiger partial charge in [0.1, 0.15) is 22.8 Å². The van der Waals surface area contributed by atoms with Gasteiger partial charge in [-0.05, 0) is 105 Å². The quantitative estimate of drug-likeness (QED) is 0.0745. The molecule has 2 aliphatic heterocycles. The third-order valence-corrected chi connectivity index (χ3v) is 13.2. The Kier molecular flexibility index (Phi) is 15.3. The van der Waals surface area contributed by atoms with Crippen molar-refractivity contribution in [3.8, 4) is 5.75 Å². The van der Waals surface area contributed by atoms with E-state index in [0.29, 0.717) is 58.2 Å². The molecule has 0 aliphatic carbocycles. The Bertz CT molecular complexity index is 2700. The Balaban J connectivity index is 0.000000179. The van der Waals surface area contributed by atoms with Crippen LogP contribution < -0.4 is 15.4 Å². The van der Waals surface area contributed by atoms with Crippen LogP contribution in [0.5, 0.6) is 5.75 Å². The molecular weight excluding hydrogens is 854 g/mol. The average Bonchev–Trinajstić information content (AvgIpc) is 4.13. The van der Waals surface area contributed by atoms with Crippen molar-refractivity contribution in [1.29, 1.82) is 0 Å². The second kappa shape index (κ2) is 22.0. The molecule has 4 amide bonds. The maximum Gasteiger partial charge on any atom is 0.270 e. The normalized spacial score (nSPS) is 14.6. The summed E-state index contributed by atoms with van der Waals surface area (Å²) < 4.78 is 7.17. The van der Waals surface area contributed by atoms with E-state index in [1.807, 2.05) is 68.9 Å². The van der Waals surface area contributed by atoms with E-state index in [1.165, 1.54) is 0 Å². The van der Waals surface area contributed by atoms with E-state index in [0.717, 1.165) is 118 Å². The number of rotatable bonds is 15. The molecular formula is C51H58ClN9O5. The smallest absolute Gasteiger partial charge is 0.270 e. The van der Waals surface area contributed by atoms with Gasteiger partial charge in [-0.15, -0.1) is 0 Å². The molecule has 0 saturated carbocycles. The summed E-state index contributed by atoms with van der Waals surface area (Å²) in [6.45, 7) is 4.46. The molecule has 7 heterocycles. The van der Waals surface area contributed by atoms with Gasteiger partial charge in [0, 0.05) is 97.1 Å². The molecule has 15 heteroatoms. The predicted octanol–water partition coefficient (Wildman–Crippen LogP) is 8.95. The first-order chi connectivity index (χ1) is 32.2. The predicted molar refractivity (Wildman–Crippen MR) is 257 cm³/mol. The number of amides is 4. The van der Waals surface area contributed by atoms with E-state index in [9.17, 15) is 19.2 Å². The lowest BCUT2D eigenvalue weighted by molar-refractivity contribution is 0.0674. The van der Waals surface area contributed by atoms with E-state index in [4.69, 9.17) is 16.3 Å².